The summed E-state index contributed by atoms with van der Waals surface area (Å²) in [6.07, 6.45) is 4.13. The van der Waals surface area contributed by atoms with E-state index in [2.05, 4.69) is 14.9 Å². The summed E-state index contributed by atoms with van der Waals surface area (Å²) in [4.78, 5) is 2.55. The van der Waals surface area contributed by atoms with Crippen LogP contribution in [-0.4, -0.2) is 50.6 Å². The highest BCUT2D eigenvalue weighted by molar-refractivity contribution is 7.89. The van der Waals surface area contributed by atoms with E-state index in [1.54, 1.807) is 12.3 Å². The topological polar surface area (TPSA) is 66.4 Å². The number of nitrogens with one attached hydrogen (secondary N) is 2. The smallest absolute Gasteiger partial charge is 0.242 e. The average Bonchev–Trinajstić information content (AvgIpc) is 3.20. The predicted octanol–water partition coefficient (Wildman–Crippen LogP) is 0.507. The molecule has 0 saturated heterocycles. The maximum Gasteiger partial charge on any atom is 0.242 e. The minimum Gasteiger partial charge on any atom is -0.352 e. The van der Waals surface area contributed by atoms with E-state index in [0.717, 1.165) is 18.8 Å². The van der Waals surface area contributed by atoms with Crippen molar-refractivity contribution in [1.29, 1.82) is 0 Å². The van der Waals surface area contributed by atoms with Crippen molar-refractivity contribution in [2.75, 3.05) is 26.7 Å². The van der Waals surface area contributed by atoms with Crippen LogP contribution in [0, 0.1) is 0 Å². The molecule has 0 spiro atoms. The van der Waals surface area contributed by atoms with Gasteiger partial charge in [0.1, 0.15) is 0 Å². The van der Waals surface area contributed by atoms with Crippen LogP contribution in [0.2, 0.25) is 0 Å². The van der Waals surface area contributed by atoms with E-state index in [1.807, 2.05) is 25.6 Å². The lowest BCUT2D eigenvalue weighted by Gasteiger charge is -2.15. The molecule has 2 rings (SSSR count). The summed E-state index contributed by atoms with van der Waals surface area (Å²) in [7, 11) is 0.499. The minimum atomic E-state index is -3.41. The molecule has 1 saturated carbocycles. The van der Waals surface area contributed by atoms with Crippen molar-refractivity contribution in [2.45, 2.75) is 37.2 Å². The lowest BCUT2D eigenvalue weighted by molar-refractivity contribution is 0.329. The number of sulfonamides is 1. The second-order valence-corrected chi connectivity index (χ2v) is 7.43. The van der Waals surface area contributed by atoms with E-state index in [-0.39, 0.29) is 0 Å². The lowest BCUT2D eigenvalue weighted by Crippen LogP contribution is -2.33. The van der Waals surface area contributed by atoms with Gasteiger partial charge < -0.3 is 14.8 Å². The van der Waals surface area contributed by atoms with Gasteiger partial charge in [-0.15, -0.1) is 0 Å². The third-order valence-electron chi connectivity index (χ3n) is 3.88. The van der Waals surface area contributed by atoms with Crippen LogP contribution in [0.1, 0.15) is 25.5 Å². The van der Waals surface area contributed by atoms with Crippen LogP contribution >= 0.6 is 0 Å². The molecule has 1 aromatic heterocycles. The molecule has 1 aliphatic rings. The molecular formula is C14H26N4O2S. The lowest BCUT2D eigenvalue weighted by atomic mass is 10.4. The zero-order chi connectivity index (χ0) is 15.5. The Morgan fingerprint density at radius 3 is 2.76 bits per heavy atom. The van der Waals surface area contributed by atoms with Crippen molar-refractivity contribution in [3.05, 3.63) is 18.0 Å². The summed E-state index contributed by atoms with van der Waals surface area (Å²) >= 11 is 0. The molecule has 0 aromatic carbocycles. The van der Waals surface area contributed by atoms with Crippen molar-refractivity contribution in [3.8, 4) is 0 Å². The number of likely N-dealkylation sites (N-methyl/N-ethyl adjacent to an activating group) is 1. The standard InChI is InChI=1S/C14H26N4O2S/c1-4-15-10-13-9-14(11-18(13)3)21(19,20)16-7-8-17(2)12-5-6-12/h9,11-12,15-16H,4-8,10H2,1-3H3. The summed E-state index contributed by atoms with van der Waals surface area (Å²) in [5, 5.41) is 3.20. The number of hydrogen-bond acceptors (Lipinski definition) is 4. The summed E-state index contributed by atoms with van der Waals surface area (Å²) in [5.74, 6) is 0. The van der Waals surface area contributed by atoms with E-state index in [1.165, 1.54) is 12.8 Å². The Balaban J connectivity index is 1.91. The van der Waals surface area contributed by atoms with E-state index < -0.39 is 10.0 Å². The normalized spacial score (nSPS) is 15.8. The van der Waals surface area contributed by atoms with Crippen LogP contribution in [0.25, 0.3) is 0 Å². The number of rotatable bonds is 9. The van der Waals surface area contributed by atoms with Crippen LogP contribution in [0.15, 0.2) is 17.2 Å². The SMILES string of the molecule is CCNCc1cc(S(=O)(=O)NCCN(C)C2CC2)cn1C. The molecule has 0 radical (unpaired) electrons. The van der Waals surface area contributed by atoms with Crippen molar-refractivity contribution in [1.82, 2.24) is 19.5 Å². The third-order valence-corrected chi connectivity index (χ3v) is 5.30. The van der Waals surface area contributed by atoms with Gasteiger partial charge in [-0.2, -0.15) is 0 Å². The Morgan fingerprint density at radius 1 is 1.43 bits per heavy atom. The van der Waals surface area contributed by atoms with Crippen LogP contribution in [0.3, 0.4) is 0 Å². The van der Waals surface area contributed by atoms with Gasteiger partial charge >= 0.3 is 0 Å². The van der Waals surface area contributed by atoms with E-state index in [0.29, 0.717) is 24.0 Å². The van der Waals surface area contributed by atoms with Gasteiger partial charge in [0.25, 0.3) is 0 Å². The van der Waals surface area contributed by atoms with Crippen LogP contribution in [0.4, 0.5) is 0 Å². The highest BCUT2D eigenvalue weighted by Gasteiger charge is 2.26. The fourth-order valence-electron chi connectivity index (χ4n) is 2.29. The monoisotopic (exact) mass is 314 g/mol. The summed E-state index contributed by atoms with van der Waals surface area (Å²) in [6.45, 7) is 4.76. The highest BCUT2D eigenvalue weighted by atomic mass is 32.2. The molecule has 21 heavy (non-hydrogen) atoms. The molecule has 1 aliphatic carbocycles. The second kappa shape index (κ2) is 6.91. The maximum atomic E-state index is 12.3. The van der Waals surface area contributed by atoms with Gasteiger partial charge in [0.2, 0.25) is 10.0 Å². The maximum absolute atomic E-state index is 12.3. The van der Waals surface area contributed by atoms with Gasteiger partial charge in [0.05, 0.1) is 4.90 Å². The fourth-order valence-corrected chi connectivity index (χ4v) is 3.41. The van der Waals surface area contributed by atoms with Gasteiger partial charge in [-0.3, -0.25) is 0 Å². The molecule has 0 amide bonds. The van der Waals surface area contributed by atoms with E-state index >= 15 is 0 Å². The predicted molar refractivity (Wildman–Crippen MR) is 83.6 cm³/mol. The molecule has 120 valence electrons. The molecule has 1 fully saturated rings. The van der Waals surface area contributed by atoms with E-state index in [4.69, 9.17) is 0 Å². The summed E-state index contributed by atoms with van der Waals surface area (Å²) < 4.78 is 29.1. The summed E-state index contributed by atoms with van der Waals surface area (Å²) in [6, 6.07) is 2.38. The number of aromatic nitrogens is 1. The van der Waals surface area contributed by atoms with Gasteiger partial charge in [-0.05, 0) is 32.5 Å². The molecule has 7 heteroatoms. The van der Waals surface area contributed by atoms with Crippen LogP contribution in [-0.2, 0) is 23.6 Å². The van der Waals surface area contributed by atoms with Crippen molar-refractivity contribution >= 4 is 10.0 Å². The first kappa shape index (κ1) is 16.5. The number of aryl methyl sites for hydroxylation is 1. The Bertz CT molecular complexity index is 564. The first-order chi connectivity index (χ1) is 9.94. The minimum absolute atomic E-state index is 0.340. The first-order valence-corrected chi connectivity index (χ1v) is 8.98. The average molecular weight is 314 g/mol. The second-order valence-electron chi connectivity index (χ2n) is 5.67. The molecule has 0 atom stereocenters. The molecule has 0 aliphatic heterocycles. The summed E-state index contributed by atoms with van der Waals surface area (Å²) in [5.41, 5.74) is 0.965. The quantitative estimate of drug-likeness (QED) is 0.697. The molecule has 2 N–H and O–H groups in total. The zero-order valence-corrected chi connectivity index (χ0v) is 13.9. The van der Waals surface area contributed by atoms with E-state index in [9.17, 15) is 8.42 Å². The van der Waals surface area contributed by atoms with Crippen molar-refractivity contribution in [3.63, 3.8) is 0 Å². The Kier molecular flexibility index (Phi) is 5.43. The highest BCUT2D eigenvalue weighted by Crippen LogP contribution is 2.24. The molecule has 1 heterocycles. The molecule has 1 aromatic rings. The van der Waals surface area contributed by atoms with Gasteiger partial charge in [-0.1, -0.05) is 6.92 Å². The largest absolute Gasteiger partial charge is 0.352 e. The van der Waals surface area contributed by atoms with Gasteiger partial charge in [0.15, 0.2) is 0 Å². The number of nitrogens with zero attached hydrogens (tertiary/aromatic N) is 2. The molecule has 0 unspecified atom stereocenters. The molecule has 0 bridgehead atoms. The first-order valence-electron chi connectivity index (χ1n) is 7.50. The Labute approximate surface area is 127 Å². The Hall–Kier alpha value is -0.890. The van der Waals surface area contributed by atoms with Crippen molar-refractivity contribution in [2.24, 2.45) is 7.05 Å². The number of hydrogen-bond donors (Lipinski definition) is 2. The van der Waals surface area contributed by atoms with Gasteiger partial charge in [0, 0.05) is 44.6 Å². The Morgan fingerprint density at radius 2 is 2.14 bits per heavy atom. The zero-order valence-electron chi connectivity index (χ0n) is 13.1. The van der Waals surface area contributed by atoms with Crippen LogP contribution in [0.5, 0.6) is 0 Å². The van der Waals surface area contributed by atoms with Crippen molar-refractivity contribution < 1.29 is 8.42 Å². The third kappa shape index (κ3) is 4.54. The molecular weight excluding hydrogens is 288 g/mol. The fraction of sp³-hybridized carbons (Fsp3) is 0.714. The molecule has 6 nitrogen and oxygen atoms in total. The van der Waals surface area contributed by atoms with Crippen LogP contribution < -0.4 is 10.0 Å². The van der Waals surface area contributed by atoms with Gasteiger partial charge in [-0.25, -0.2) is 13.1 Å².